The summed E-state index contributed by atoms with van der Waals surface area (Å²) in [6.45, 7) is 5.50. The highest BCUT2D eigenvalue weighted by molar-refractivity contribution is 6.10. The van der Waals surface area contributed by atoms with Crippen LogP contribution in [0.3, 0.4) is 0 Å². The predicted octanol–water partition coefficient (Wildman–Crippen LogP) is 3.22. The number of rotatable bonds is 12. The summed E-state index contributed by atoms with van der Waals surface area (Å²) in [6, 6.07) is 4.93. The van der Waals surface area contributed by atoms with Gasteiger partial charge in [0.05, 0.1) is 18.9 Å². The second-order valence-corrected chi connectivity index (χ2v) is 8.64. The van der Waals surface area contributed by atoms with Crippen LogP contribution < -0.4 is 4.74 Å². The summed E-state index contributed by atoms with van der Waals surface area (Å²) < 4.78 is 57.6. The Balaban J connectivity index is 1.65. The molecule has 3 rings (SSSR count). The smallest absolute Gasteiger partial charge is 0.449 e. The van der Waals surface area contributed by atoms with Crippen LogP contribution in [-0.2, 0) is 25.5 Å². The Morgan fingerprint density at radius 2 is 1.84 bits per heavy atom. The Bertz CT molecular complexity index is 1010. The number of nitrogens with zero attached hydrogens (tertiary/aromatic N) is 4. The normalized spacial score (nSPS) is 20.4. The minimum absolute atomic E-state index is 0.172. The van der Waals surface area contributed by atoms with Gasteiger partial charge in [-0.3, -0.25) is 19.7 Å². The number of amides is 1. The van der Waals surface area contributed by atoms with Crippen molar-refractivity contribution in [1.29, 1.82) is 0 Å². The summed E-state index contributed by atoms with van der Waals surface area (Å²) in [4.78, 5) is 29.7. The van der Waals surface area contributed by atoms with Gasteiger partial charge in [-0.25, -0.2) is 4.79 Å². The van der Waals surface area contributed by atoms with Gasteiger partial charge in [0.25, 0.3) is 5.91 Å². The van der Waals surface area contributed by atoms with Gasteiger partial charge in [-0.1, -0.05) is 25.5 Å². The summed E-state index contributed by atoms with van der Waals surface area (Å²) in [7, 11) is 1.57. The molecule has 1 amide bonds. The Morgan fingerprint density at radius 3 is 2.43 bits per heavy atom. The number of esters is 1. The van der Waals surface area contributed by atoms with Crippen molar-refractivity contribution in [3.8, 4) is 5.75 Å². The summed E-state index contributed by atoms with van der Waals surface area (Å²) in [6.07, 6.45) is -4.07. The molecule has 0 bridgehead atoms. The molecular formula is C25H33F3N4O5. The SMILES string of the molecule is CCCC1=NN(C)C2C(=O)N(CCOc3ccc(C[C@H](OCC)C(=O)OCC)cc3)C(C(F)(F)F)=NC12. The van der Waals surface area contributed by atoms with Crippen molar-refractivity contribution in [2.45, 2.75) is 64.4 Å². The number of benzene rings is 1. The number of aliphatic imine (C=N–C) groups is 1. The van der Waals surface area contributed by atoms with Crippen LogP contribution in [0.25, 0.3) is 0 Å². The molecular weight excluding hydrogens is 493 g/mol. The highest BCUT2D eigenvalue weighted by Crippen LogP contribution is 2.31. The van der Waals surface area contributed by atoms with E-state index in [1.54, 1.807) is 45.2 Å². The molecule has 2 heterocycles. The average Bonchev–Trinajstić information content (AvgIpc) is 3.16. The first-order valence-corrected chi connectivity index (χ1v) is 12.4. The van der Waals surface area contributed by atoms with E-state index >= 15 is 0 Å². The number of likely N-dealkylation sites (N-methyl/N-ethyl adjacent to an activating group) is 1. The minimum Gasteiger partial charge on any atom is -0.492 e. The van der Waals surface area contributed by atoms with Gasteiger partial charge < -0.3 is 14.2 Å². The van der Waals surface area contributed by atoms with Crippen LogP contribution in [0, 0.1) is 0 Å². The van der Waals surface area contributed by atoms with Crippen LogP contribution in [-0.4, -0.2) is 91.1 Å². The maximum atomic E-state index is 13.8. The van der Waals surface area contributed by atoms with E-state index in [2.05, 4.69) is 10.1 Å². The Labute approximate surface area is 214 Å². The number of hydrogen-bond donors (Lipinski definition) is 0. The van der Waals surface area contributed by atoms with Gasteiger partial charge in [0.15, 0.2) is 12.1 Å². The molecule has 3 atom stereocenters. The Hall–Kier alpha value is -3.15. The zero-order valence-corrected chi connectivity index (χ0v) is 21.5. The number of fused-ring (bicyclic) bond motifs is 1. The van der Waals surface area contributed by atoms with Crippen molar-refractivity contribution in [1.82, 2.24) is 9.91 Å². The summed E-state index contributed by atoms with van der Waals surface area (Å²) in [5, 5.41) is 5.67. The minimum atomic E-state index is -4.79. The largest absolute Gasteiger partial charge is 0.492 e. The van der Waals surface area contributed by atoms with Gasteiger partial charge in [-0.2, -0.15) is 18.3 Å². The lowest BCUT2D eigenvalue weighted by atomic mass is 9.98. The zero-order valence-electron chi connectivity index (χ0n) is 21.5. The van der Waals surface area contributed by atoms with Gasteiger partial charge >= 0.3 is 12.1 Å². The van der Waals surface area contributed by atoms with Crippen LogP contribution in [0.1, 0.15) is 39.2 Å². The maximum Gasteiger partial charge on any atom is 0.449 e. The fourth-order valence-corrected chi connectivity index (χ4v) is 4.35. The van der Waals surface area contributed by atoms with Gasteiger partial charge in [0.2, 0.25) is 5.84 Å². The molecule has 204 valence electrons. The van der Waals surface area contributed by atoms with E-state index in [0.29, 0.717) is 42.2 Å². The van der Waals surface area contributed by atoms with Gasteiger partial charge in [0.1, 0.15) is 18.4 Å². The van der Waals surface area contributed by atoms with Crippen LogP contribution in [0.4, 0.5) is 13.2 Å². The number of hydrazone groups is 1. The van der Waals surface area contributed by atoms with Gasteiger partial charge in [0, 0.05) is 20.1 Å². The quantitative estimate of drug-likeness (QED) is 0.389. The van der Waals surface area contributed by atoms with Crippen molar-refractivity contribution in [3.63, 3.8) is 0 Å². The molecule has 1 aromatic carbocycles. The number of halogens is 3. The molecule has 0 saturated carbocycles. The molecule has 0 fully saturated rings. The molecule has 2 aliphatic heterocycles. The third kappa shape index (κ3) is 6.79. The molecule has 1 aromatic rings. The molecule has 0 spiro atoms. The molecule has 0 aromatic heterocycles. The molecule has 0 radical (unpaired) electrons. The second-order valence-electron chi connectivity index (χ2n) is 8.64. The monoisotopic (exact) mass is 526 g/mol. The number of alkyl halides is 3. The lowest BCUT2D eigenvalue weighted by molar-refractivity contribution is -0.156. The second kappa shape index (κ2) is 12.4. The van der Waals surface area contributed by atoms with Crippen molar-refractivity contribution >= 4 is 23.4 Å². The molecule has 2 aliphatic rings. The number of amidine groups is 1. The van der Waals surface area contributed by atoms with E-state index in [-0.39, 0.29) is 19.8 Å². The van der Waals surface area contributed by atoms with E-state index in [0.717, 1.165) is 5.56 Å². The fraction of sp³-hybridized carbons (Fsp3) is 0.600. The fourth-order valence-electron chi connectivity index (χ4n) is 4.35. The van der Waals surface area contributed by atoms with Crippen molar-refractivity contribution < 1.29 is 37.0 Å². The Kier molecular flexibility index (Phi) is 9.52. The third-order valence-electron chi connectivity index (χ3n) is 5.97. The van der Waals surface area contributed by atoms with Gasteiger partial charge in [-0.15, -0.1) is 0 Å². The average molecular weight is 527 g/mol. The predicted molar refractivity (Wildman–Crippen MR) is 131 cm³/mol. The first-order chi connectivity index (χ1) is 17.6. The number of ether oxygens (including phenoxy) is 3. The van der Waals surface area contributed by atoms with E-state index in [1.165, 1.54) is 5.01 Å². The molecule has 9 nitrogen and oxygen atoms in total. The van der Waals surface area contributed by atoms with Crippen LogP contribution >= 0.6 is 0 Å². The first kappa shape index (κ1) is 28.4. The van der Waals surface area contributed by atoms with Crippen molar-refractivity contribution in [2.75, 3.05) is 33.4 Å². The van der Waals surface area contributed by atoms with E-state index in [9.17, 15) is 22.8 Å². The molecule has 12 heteroatoms. The van der Waals surface area contributed by atoms with Crippen molar-refractivity contribution in [3.05, 3.63) is 29.8 Å². The van der Waals surface area contributed by atoms with Gasteiger partial charge in [-0.05, 0) is 38.0 Å². The zero-order chi connectivity index (χ0) is 27.2. The maximum absolute atomic E-state index is 13.8. The molecule has 37 heavy (non-hydrogen) atoms. The number of carbonyl (C=O) groups excluding carboxylic acids is 2. The number of hydrogen-bond acceptors (Lipinski definition) is 8. The standard InChI is InChI=1S/C25H33F3N4O5/c1-5-8-18-20-21(31(4)30-18)22(33)32(24(29-20)25(26,27)28)13-14-37-17-11-9-16(10-12-17)15-19(35-6-2)23(34)36-7-3/h9-12,19-21H,5-8,13-15H2,1-4H3/t19-,20?,21?/m0/s1. The van der Waals surface area contributed by atoms with Crippen LogP contribution in [0.5, 0.6) is 5.75 Å². The van der Waals surface area contributed by atoms with Crippen molar-refractivity contribution in [2.24, 2.45) is 10.1 Å². The van der Waals surface area contributed by atoms with E-state index < -0.39 is 42.1 Å². The summed E-state index contributed by atoms with van der Waals surface area (Å²) in [5.74, 6) is -1.96. The molecule has 0 saturated heterocycles. The highest BCUT2D eigenvalue weighted by Gasteiger charge is 2.53. The lowest BCUT2D eigenvalue weighted by Gasteiger charge is -2.35. The van der Waals surface area contributed by atoms with Crippen LogP contribution in [0.2, 0.25) is 0 Å². The molecule has 0 aliphatic carbocycles. The Morgan fingerprint density at radius 1 is 1.14 bits per heavy atom. The van der Waals surface area contributed by atoms with E-state index in [4.69, 9.17) is 14.2 Å². The van der Waals surface area contributed by atoms with E-state index in [1.807, 2.05) is 6.92 Å². The summed E-state index contributed by atoms with van der Waals surface area (Å²) >= 11 is 0. The lowest BCUT2D eigenvalue weighted by Crippen LogP contribution is -2.59. The highest BCUT2D eigenvalue weighted by atomic mass is 19.4. The van der Waals surface area contributed by atoms with Crippen LogP contribution in [0.15, 0.2) is 34.4 Å². The number of carbonyl (C=O) groups is 2. The topological polar surface area (TPSA) is 93.0 Å². The molecule has 0 N–H and O–H groups in total. The molecule has 2 unspecified atom stereocenters. The summed E-state index contributed by atoms with van der Waals surface area (Å²) in [5.41, 5.74) is 1.28. The third-order valence-corrected chi connectivity index (χ3v) is 5.97. The first-order valence-electron chi connectivity index (χ1n) is 12.4.